The average molecular weight is 1510 g/mol. The summed E-state index contributed by atoms with van der Waals surface area (Å²) in [6, 6.07) is 120. The van der Waals surface area contributed by atoms with Gasteiger partial charge in [-0.15, -0.1) is 0 Å². The van der Waals surface area contributed by atoms with Gasteiger partial charge >= 0.3 is 0 Å². The molecule has 0 aromatic heterocycles. The van der Waals surface area contributed by atoms with Gasteiger partial charge in [0.15, 0.2) is 0 Å². The fourth-order valence-electron chi connectivity index (χ4n) is 11.6. The van der Waals surface area contributed by atoms with Crippen LogP contribution in [-0.4, -0.2) is 0 Å². The number of rotatable bonds is 0. The standard InChI is InChI=1S/C120H66/c1-91-3-7-93(8-4-91)11-13-95-15-19-97(20-16-95)23-25-99-27-31-101(32-28-99)35-37-103-39-43-105(44-40-103)47-49-107-51-55-109(56-52-107)59-61-111-63-67-113(68-64-111)71-73-115-75-79-117(80-76-115)83-85-119-87-89-120(90-88-119)86-84-118-81-77-116(78-82-118)74-72-114-69-65-112(66-70-114)62-60-110-57-53-108(54-58-110)50-48-106-45-41-104(42-46-106)38-36-102-33-29-100(30-34-102)26-24-98-21-17-96(18-22-98)14-12-94-9-5-92(2)6-10-94/h3-10,15-22,27-34,39-46,51-58,63-70,75-82,87-90H,1-2H3. The van der Waals surface area contributed by atoms with E-state index in [-0.39, 0.29) is 0 Å². The highest BCUT2D eigenvalue weighted by Gasteiger charge is 2.02. The first-order valence-electron chi connectivity index (χ1n) is 38.8. The van der Waals surface area contributed by atoms with Crippen molar-refractivity contribution in [1.29, 1.82) is 0 Å². The highest BCUT2D eigenvalue weighted by atomic mass is 14.1. The number of hydrogen-bond acceptors (Lipinski definition) is 0. The van der Waals surface area contributed by atoms with Gasteiger partial charge in [-0.25, -0.2) is 0 Å². The van der Waals surface area contributed by atoms with Gasteiger partial charge in [-0.3, -0.25) is 0 Å². The minimum atomic E-state index is 0.904. The molecule has 0 heterocycles. The second-order valence-corrected chi connectivity index (χ2v) is 27.7. The molecular weight excluding hydrogens is 1440 g/mol. The Labute approximate surface area is 705 Å². The van der Waals surface area contributed by atoms with E-state index in [0.29, 0.717) is 0 Å². The molecule has 0 saturated heterocycles. The van der Waals surface area contributed by atoms with Gasteiger partial charge in [-0.05, 0) is 354 Å². The van der Waals surface area contributed by atoms with Gasteiger partial charge in [0.05, 0.1) is 0 Å². The van der Waals surface area contributed by atoms with Crippen molar-refractivity contribution in [2.45, 2.75) is 13.8 Å². The molecule has 0 atom stereocenters. The Morgan fingerprint density at radius 2 is 0.117 bits per heavy atom. The fourth-order valence-corrected chi connectivity index (χ4v) is 11.6. The number of aryl methyl sites for hydroxylation is 2. The van der Waals surface area contributed by atoms with Crippen LogP contribution in [0.5, 0.6) is 0 Å². The highest BCUT2D eigenvalue weighted by Crippen LogP contribution is 2.16. The van der Waals surface area contributed by atoms with Crippen molar-refractivity contribution < 1.29 is 0 Å². The summed E-state index contributed by atoms with van der Waals surface area (Å²) in [5, 5.41) is 0. The molecule has 0 saturated carbocycles. The first kappa shape index (κ1) is 77.5. The molecule has 15 aromatic rings. The Balaban J connectivity index is 0.453. The van der Waals surface area contributed by atoms with Crippen LogP contribution < -0.4 is 0 Å². The Bertz CT molecular complexity index is 6730. The number of hydrogen-bond donors (Lipinski definition) is 0. The van der Waals surface area contributed by atoms with E-state index in [1.54, 1.807) is 0 Å². The largest absolute Gasteiger partial charge is 0.0617 e. The minimum Gasteiger partial charge on any atom is -0.0617 e. The predicted molar refractivity (Wildman–Crippen MR) is 490 cm³/mol. The lowest BCUT2D eigenvalue weighted by atomic mass is 10.1. The Hall–Kier alpha value is -17.9. The summed E-state index contributed by atoms with van der Waals surface area (Å²) in [4.78, 5) is 0. The summed E-state index contributed by atoms with van der Waals surface area (Å²) in [6.07, 6.45) is 0. The van der Waals surface area contributed by atoms with Gasteiger partial charge in [0, 0.05) is 156 Å². The SMILES string of the molecule is Cc1ccc(C#Cc2ccc(C#Cc3ccc(C#Cc4ccc(C#Cc5ccc(C#Cc6ccc(C#Cc7ccc(C#Cc8ccc(C#Cc9ccc(C#Cc%10ccc(C#Cc%11ccc(C#Cc%12ccc(C#Cc%13ccc(C#Cc%14ccc(C#Cc%15ccc(C)cc%15)cc%14)cc%13)cc%12)cc%11)cc%10)cc9)cc8)cc7)cc6)cc5)cc4)cc3)cc2)cc1. The molecule has 0 heteroatoms. The molecule has 0 bridgehead atoms. The minimum absolute atomic E-state index is 0.904. The van der Waals surface area contributed by atoms with E-state index in [1.165, 1.54) is 11.1 Å². The quantitative estimate of drug-likeness (QED) is 0.133. The number of benzene rings is 15. The van der Waals surface area contributed by atoms with E-state index >= 15 is 0 Å². The van der Waals surface area contributed by atoms with Crippen LogP contribution in [0.4, 0.5) is 0 Å². The van der Waals surface area contributed by atoms with E-state index in [1.807, 2.05) is 340 Å². The normalized spacial score (nSPS) is 9.48. The first-order chi connectivity index (χ1) is 59.1. The van der Waals surface area contributed by atoms with Crippen LogP contribution >= 0.6 is 0 Å². The van der Waals surface area contributed by atoms with Crippen molar-refractivity contribution in [1.82, 2.24) is 0 Å². The third kappa shape index (κ3) is 24.1. The lowest BCUT2D eigenvalue weighted by Gasteiger charge is -1.95. The average Bonchev–Trinajstić information content (AvgIpc) is 0.938. The van der Waals surface area contributed by atoms with Crippen LogP contribution in [0.15, 0.2) is 364 Å². The lowest BCUT2D eigenvalue weighted by Crippen LogP contribution is -1.82. The molecule has 0 aliphatic carbocycles. The van der Waals surface area contributed by atoms with Crippen LogP contribution in [-0.2, 0) is 0 Å². The summed E-state index contributed by atoms with van der Waals surface area (Å²) in [5.41, 5.74) is 28.3. The van der Waals surface area contributed by atoms with Crippen LogP contribution in [0, 0.1) is 180 Å². The molecule has 15 aromatic carbocycles. The zero-order valence-electron chi connectivity index (χ0n) is 65.6. The summed E-state index contributed by atoms with van der Waals surface area (Å²) < 4.78 is 0. The second kappa shape index (κ2) is 39.5. The Morgan fingerprint density at radius 1 is 0.0750 bits per heavy atom. The topological polar surface area (TPSA) is 0 Å². The van der Waals surface area contributed by atoms with Gasteiger partial charge in [-0.1, -0.05) is 201 Å². The smallest absolute Gasteiger partial charge is 0.0249 e. The fraction of sp³-hybridized carbons (Fsp3) is 0.0167. The van der Waals surface area contributed by atoms with Crippen molar-refractivity contribution in [3.05, 3.63) is 531 Å². The van der Waals surface area contributed by atoms with Gasteiger partial charge in [0.2, 0.25) is 0 Å². The molecule has 0 aliphatic rings. The van der Waals surface area contributed by atoms with Crippen molar-refractivity contribution >= 4 is 0 Å². The van der Waals surface area contributed by atoms with Crippen LogP contribution in [0.3, 0.4) is 0 Å². The van der Waals surface area contributed by atoms with Crippen molar-refractivity contribution in [2.24, 2.45) is 0 Å². The van der Waals surface area contributed by atoms with E-state index in [4.69, 9.17) is 0 Å². The van der Waals surface area contributed by atoms with E-state index in [2.05, 4.69) is 204 Å². The highest BCUT2D eigenvalue weighted by molar-refractivity contribution is 5.59. The second-order valence-electron chi connectivity index (χ2n) is 27.7. The maximum absolute atomic E-state index is 3.28. The molecular formula is C120H66. The predicted octanol–water partition coefficient (Wildman–Crippen LogP) is 21.9. The van der Waals surface area contributed by atoms with Crippen LogP contribution in [0.2, 0.25) is 0 Å². The van der Waals surface area contributed by atoms with E-state index in [9.17, 15) is 0 Å². The summed E-state index contributed by atoms with van der Waals surface area (Å²) in [7, 11) is 0. The van der Waals surface area contributed by atoms with Crippen molar-refractivity contribution in [2.75, 3.05) is 0 Å². The Morgan fingerprint density at radius 3 is 0.167 bits per heavy atom. The van der Waals surface area contributed by atoms with Crippen molar-refractivity contribution in [3.8, 4) is 166 Å². The maximum atomic E-state index is 3.28. The van der Waals surface area contributed by atoms with Gasteiger partial charge in [-0.2, -0.15) is 0 Å². The van der Waals surface area contributed by atoms with Crippen LogP contribution in [0.25, 0.3) is 0 Å². The zero-order valence-corrected chi connectivity index (χ0v) is 65.6. The lowest BCUT2D eigenvalue weighted by molar-refractivity contribution is 1.46. The van der Waals surface area contributed by atoms with Gasteiger partial charge < -0.3 is 0 Å². The molecule has 0 radical (unpaired) electrons. The van der Waals surface area contributed by atoms with E-state index < -0.39 is 0 Å². The summed E-state index contributed by atoms with van der Waals surface area (Å²) in [5.74, 6) is 91.4. The maximum Gasteiger partial charge on any atom is 0.0249 e. The molecule has 0 fully saturated rings. The molecule has 0 N–H and O–H groups in total. The summed E-state index contributed by atoms with van der Waals surface area (Å²) in [6.45, 7) is 4.15. The molecule has 0 unspecified atom stereocenters. The molecule has 120 heavy (non-hydrogen) atoms. The first-order valence-corrected chi connectivity index (χ1v) is 38.8. The molecule has 0 spiro atoms. The Kier molecular flexibility index (Phi) is 25.5. The third-order valence-electron chi connectivity index (χ3n) is 18.5. The van der Waals surface area contributed by atoms with Gasteiger partial charge in [0.1, 0.15) is 0 Å². The monoisotopic (exact) mass is 1510 g/mol. The molecule has 0 amide bonds. The summed E-state index contributed by atoms with van der Waals surface area (Å²) >= 11 is 0. The van der Waals surface area contributed by atoms with Crippen LogP contribution in [0.1, 0.15) is 167 Å². The zero-order chi connectivity index (χ0) is 81.5. The molecule has 0 aliphatic heterocycles. The molecule has 15 rings (SSSR count). The van der Waals surface area contributed by atoms with Gasteiger partial charge in [0.25, 0.3) is 0 Å². The molecule has 546 valence electrons. The third-order valence-corrected chi connectivity index (χ3v) is 18.5. The van der Waals surface area contributed by atoms with E-state index in [0.717, 1.165) is 156 Å². The van der Waals surface area contributed by atoms with Crippen molar-refractivity contribution in [3.63, 3.8) is 0 Å². The molecule has 0 nitrogen and oxygen atoms in total.